The molecule has 1 aliphatic carbocycles. The highest BCUT2D eigenvalue weighted by atomic mass is 32.2. The summed E-state index contributed by atoms with van der Waals surface area (Å²) in [5, 5.41) is 0. The van der Waals surface area contributed by atoms with Gasteiger partial charge in [0.2, 0.25) is 40.1 Å². The number of allylic oxidation sites excluding steroid dienone is 10. The van der Waals surface area contributed by atoms with E-state index in [4.69, 9.17) is 9.98 Å². The summed E-state index contributed by atoms with van der Waals surface area (Å²) in [4.78, 5) is 15.1. The van der Waals surface area contributed by atoms with E-state index in [-0.39, 0.29) is 41.2 Å². The highest BCUT2D eigenvalue weighted by Gasteiger charge is 2.31. The number of sulfonamides is 4. The first-order valence-electron chi connectivity index (χ1n) is 34.3. The number of H-pyrrole nitrogens is 1. The lowest BCUT2D eigenvalue weighted by Crippen LogP contribution is -2.29. The second-order valence-electron chi connectivity index (χ2n) is 27.5. The number of rotatable bonds is 32. The monoisotopic (exact) mass is 1380 g/mol. The zero-order valence-electron chi connectivity index (χ0n) is 58.2. The molecule has 0 atom stereocenters. The Balaban J connectivity index is 1.22. The molecule has 0 saturated heterocycles. The Labute approximate surface area is 573 Å². The summed E-state index contributed by atoms with van der Waals surface area (Å²) >= 11 is 0. The number of hydrogen-bond donors (Lipinski definition) is 5. The summed E-state index contributed by atoms with van der Waals surface area (Å²) in [5.41, 5.74) is 11.0. The number of nitrogens with zero attached hydrogens (tertiary/aromatic N) is 2. The zero-order chi connectivity index (χ0) is 69.5. The first-order valence-corrected chi connectivity index (χ1v) is 40.2. The maximum absolute atomic E-state index is 13.9. The third-order valence-electron chi connectivity index (χ3n) is 21.8. The molecule has 4 heterocycles. The Morgan fingerprint density at radius 3 is 0.812 bits per heavy atom. The van der Waals surface area contributed by atoms with Gasteiger partial charge in [-0.05, 0) is 172 Å². The number of aromatic nitrogens is 1. The molecule has 5 N–H and O–H groups in total. The van der Waals surface area contributed by atoms with E-state index < -0.39 is 40.1 Å². The molecular weight excluding hydrogens is 1280 g/mol. The van der Waals surface area contributed by atoms with Crippen LogP contribution in [0.1, 0.15) is 200 Å². The number of fused-ring (bicyclic) bond motifs is 6. The van der Waals surface area contributed by atoms with Crippen molar-refractivity contribution in [3.8, 4) is 0 Å². The molecule has 15 nitrogen and oxygen atoms in total. The zero-order valence-corrected chi connectivity index (χ0v) is 61.4. The standard InChI is InChI=1S/C77H99N7O8S4/c1-13-74(9,14-2)45-49-78-93(85,86)60-31-23-54(24-32-60)70-58-21-22-59(53-58)71(55-25-33-61(34-26-55)94(87,88)79-50-46-75(10,15-3)16-4)65-40-42-67(83-65)73(57-29-37-63(38-30-57)96(91,92)81-52-48-77(12,19-7)20-8)69-44-43-68(84-69)72(66-41-39-64(70)82-66)56-27-35-62(36-28-56)95(89,90)80-51-47-76(11,17-5)18-6/h21-44,78-81,84H,13-20,45-53H2,1-12H3. The van der Waals surface area contributed by atoms with E-state index in [1.807, 2.05) is 72.9 Å². The lowest BCUT2D eigenvalue weighted by atomic mass is 9.82. The second kappa shape index (κ2) is 30.2. The Hall–Kier alpha value is -6.68. The van der Waals surface area contributed by atoms with E-state index in [1.54, 1.807) is 72.8 Å². The summed E-state index contributed by atoms with van der Waals surface area (Å²) in [6.07, 6.45) is 22.4. The Morgan fingerprint density at radius 2 is 0.573 bits per heavy atom. The van der Waals surface area contributed by atoms with Gasteiger partial charge in [0.15, 0.2) is 0 Å². The molecule has 96 heavy (non-hydrogen) atoms. The predicted molar refractivity (Wildman–Crippen MR) is 393 cm³/mol. The summed E-state index contributed by atoms with van der Waals surface area (Å²) in [7, 11) is -15.5. The Bertz CT molecular complexity index is 4150. The van der Waals surface area contributed by atoms with Crippen LogP contribution in [0.25, 0.3) is 22.3 Å². The van der Waals surface area contributed by atoms with Gasteiger partial charge >= 0.3 is 0 Å². The van der Waals surface area contributed by atoms with E-state index >= 15 is 0 Å². The van der Waals surface area contributed by atoms with Crippen LogP contribution in [0.5, 0.6) is 0 Å². The van der Waals surface area contributed by atoms with Crippen LogP contribution in [0.2, 0.25) is 0 Å². The lowest BCUT2D eigenvalue weighted by molar-refractivity contribution is 0.274. The van der Waals surface area contributed by atoms with Crippen molar-refractivity contribution in [2.75, 3.05) is 26.2 Å². The van der Waals surface area contributed by atoms with E-state index in [0.717, 1.165) is 84.8 Å². The Kier molecular flexibility index (Phi) is 23.1. The summed E-state index contributed by atoms with van der Waals surface area (Å²) in [5.74, 6) is 0. The smallest absolute Gasteiger partial charge is 0.240 e. The maximum atomic E-state index is 13.9. The molecule has 0 radical (unpaired) electrons. The fourth-order valence-electron chi connectivity index (χ4n) is 12.6. The molecule has 0 saturated carbocycles. The van der Waals surface area contributed by atoms with Gasteiger partial charge in [0.25, 0.3) is 0 Å². The van der Waals surface area contributed by atoms with Crippen LogP contribution >= 0.6 is 0 Å². The number of aliphatic imine (C=N–C) groups is 2. The van der Waals surface area contributed by atoms with Crippen molar-refractivity contribution >= 4 is 73.8 Å². The molecule has 1 aromatic heterocycles. The molecule has 8 bridgehead atoms. The van der Waals surface area contributed by atoms with Gasteiger partial charge in [-0.3, -0.25) is 0 Å². The number of hydrogen-bond acceptors (Lipinski definition) is 10. The predicted octanol–water partition coefficient (Wildman–Crippen LogP) is 16.4. The molecule has 5 aromatic rings. The third kappa shape index (κ3) is 16.7. The first-order chi connectivity index (χ1) is 45.5. The van der Waals surface area contributed by atoms with Gasteiger partial charge in [-0.15, -0.1) is 0 Å². The highest BCUT2D eigenvalue weighted by molar-refractivity contribution is 7.90. The van der Waals surface area contributed by atoms with E-state index in [2.05, 4.69) is 107 Å². The second-order valence-corrected chi connectivity index (χ2v) is 34.6. The molecule has 19 heteroatoms. The van der Waals surface area contributed by atoms with Crippen LogP contribution in [-0.2, 0) is 40.1 Å². The number of aromatic amines is 1. The van der Waals surface area contributed by atoms with Crippen molar-refractivity contribution in [1.82, 2.24) is 23.9 Å². The van der Waals surface area contributed by atoms with E-state index in [0.29, 0.717) is 115 Å². The van der Waals surface area contributed by atoms with Crippen LogP contribution in [0.4, 0.5) is 0 Å². The SMILES string of the molecule is CCC(C)(CC)CCNS(=O)(=O)c1ccc(C2=C3C=CC(=C(c4ccc(S(=O)(=O)NCCC(C)(CC)CC)cc4)C4=NC(=C(c5ccc(S(=O)(=O)NCCC(C)(CC)CC)cc5)c5ccc([nH]5)C(c5ccc(S(=O)(=O)NCCC(C)(CC)CC)cc5)=C5C=CC2=N5)C=C4)C3)cc1. The fourth-order valence-corrected chi connectivity index (χ4v) is 16.7. The minimum absolute atomic E-state index is 0.00205. The lowest BCUT2D eigenvalue weighted by Gasteiger charge is -2.26. The minimum atomic E-state index is -3.89. The van der Waals surface area contributed by atoms with E-state index in [9.17, 15) is 33.7 Å². The van der Waals surface area contributed by atoms with Crippen molar-refractivity contribution < 1.29 is 33.7 Å². The van der Waals surface area contributed by atoms with Gasteiger partial charge < -0.3 is 4.98 Å². The average molecular weight is 1380 g/mol. The van der Waals surface area contributed by atoms with Crippen LogP contribution in [0.3, 0.4) is 0 Å². The maximum Gasteiger partial charge on any atom is 0.240 e. The van der Waals surface area contributed by atoms with Gasteiger partial charge in [-0.2, -0.15) is 0 Å². The quantitative estimate of drug-likeness (QED) is 0.0278. The first kappa shape index (κ1) is 73.6. The average Bonchev–Trinajstić information content (AvgIpc) is 1.60. The molecule has 4 aromatic carbocycles. The van der Waals surface area contributed by atoms with Gasteiger partial charge in [0.1, 0.15) is 0 Å². The van der Waals surface area contributed by atoms with Crippen LogP contribution in [0.15, 0.2) is 198 Å². The van der Waals surface area contributed by atoms with Crippen molar-refractivity contribution in [2.24, 2.45) is 31.6 Å². The van der Waals surface area contributed by atoms with Gasteiger partial charge in [0, 0.05) is 59.9 Å². The normalized spacial score (nSPS) is 15.8. The van der Waals surface area contributed by atoms with E-state index in [1.165, 1.54) is 0 Å². The van der Waals surface area contributed by atoms with Gasteiger partial charge in [-0.25, -0.2) is 62.5 Å². The minimum Gasteiger partial charge on any atom is -0.354 e. The molecule has 3 aliphatic heterocycles. The van der Waals surface area contributed by atoms with Gasteiger partial charge in [-0.1, -0.05) is 195 Å². The van der Waals surface area contributed by atoms with Crippen LogP contribution in [0, 0.1) is 21.7 Å². The van der Waals surface area contributed by atoms with Crippen molar-refractivity contribution in [3.63, 3.8) is 0 Å². The fraction of sp³-hybridized carbons (Fsp3) is 0.429. The van der Waals surface area contributed by atoms with Crippen molar-refractivity contribution in [2.45, 2.75) is 186 Å². The van der Waals surface area contributed by atoms with Crippen LogP contribution in [-0.4, -0.2) is 76.3 Å². The van der Waals surface area contributed by atoms with Crippen molar-refractivity contribution in [1.29, 1.82) is 0 Å². The number of nitrogens with one attached hydrogen (secondary N) is 5. The molecular formula is C77H99N7O8S4. The summed E-state index contributed by atoms with van der Waals surface area (Å²) in [6.45, 7) is 26.9. The summed E-state index contributed by atoms with van der Waals surface area (Å²) in [6, 6.07) is 31.3. The molecule has 0 amide bonds. The molecule has 4 aliphatic rings. The summed E-state index contributed by atoms with van der Waals surface area (Å²) < 4.78 is 123. The Morgan fingerprint density at radius 1 is 0.333 bits per heavy atom. The molecule has 514 valence electrons. The van der Waals surface area contributed by atoms with Crippen LogP contribution < -0.4 is 18.9 Å². The third-order valence-corrected chi connectivity index (χ3v) is 27.7. The highest BCUT2D eigenvalue weighted by Crippen LogP contribution is 2.43. The van der Waals surface area contributed by atoms with Crippen molar-refractivity contribution in [3.05, 3.63) is 202 Å². The largest absolute Gasteiger partial charge is 0.354 e. The van der Waals surface area contributed by atoms with Gasteiger partial charge in [0.05, 0.1) is 42.4 Å². The molecule has 0 fully saturated rings. The topological polar surface area (TPSA) is 225 Å². The molecule has 0 unspecified atom stereocenters. The molecule has 9 rings (SSSR count). The number of benzene rings is 4. The molecule has 0 spiro atoms.